The minimum absolute atomic E-state index is 0.211. The molecular formula is C12H16O3. The summed E-state index contributed by atoms with van der Waals surface area (Å²) in [5.41, 5.74) is 0. The second-order valence-corrected chi connectivity index (χ2v) is 2.52. The Morgan fingerprint density at radius 2 is 2.00 bits per heavy atom. The molecule has 0 aliphatic heterocycles. The minimum Gasteiger partial charge on any atom is -0.466 e. The van der Waals surface area contributed by atoms with Crippen molar-refractivity contribution in [2.24, 2.45) is 0 Å². The fourth-order valence-electron chi connectivity index (χ4n) is 0.799. The maximum absolute atomic E-state index is 9.82. The summed E-state index contributed by atoms with van der Waals surface area (Å²) in [6.07, 6.45) is 1.41. The van der Waals surface area contributed by atoms with Crippen LogP contribution in [0.2, 0.25) is 0 Å². The highest BCUT2D eigenvalue weighted by atomic mass is 16.5. The number of hydrogen-bond donors (Lipinski definition) is 0. The maximum atomic E-state index is 9.82. The topological polar surface area (TPSA) is 35.5 Å². The Balaban J connectivity index is 0.000000288. The predicted molar refractivity (Wildman–Crippen MR) is 59.6 cm³/mol. The molecule has 0 spiro atoms. The predicted octanol–water partition coefficient (Wildman–Crippen LogP) is 2.78. The summed E-state index contributed by atoms with van der Waals surface area (Å²) in [7, 11) is 0. The first-order valence-corrected chi connectivity index (χ1v) is 4.66. The van der Waals surface area contributed by atoms with Gasteiger partial charge in [-0.1, -0.05) is 24.8 Å². The van der Waals surface area contributed by atoms with Gasteiger partial charge in [0.1, 0.15) is 5.75 Å². The van der Waals surface area contributed by atoms with Gasteiger partial charge in [0.05, 0.1) is 12.9 Å². The summed E-state index contributed by atoms with van der Waals surface area (Å²) in [4.78, 5) is 9.82. The van der Waals surface area contributed by atoms with Gasteiger partial charge < -0.3 is 9.47 Å². The fraction of sp³-hybridized carbons (Fsp3) is 0.250. The zero-order valence-corrected chi connectivity index (χ0v) is 9.10. The summed E-state index contributed by atoms with van der Waals surface area (Å²) >= 11 is 0. The lowest BCUT2D eigenvalue weighted by Crippen LogP contribution is -1.95. The van der Waals surface area contributed by atoms with Crippen LogP contribution < -0.4 is 4.74 Å². The molecule has 0 aliphatic rings. The van der Waals surface area contributed by atoms with E-state index in [1.807, 2.05) is 30.3 Å². The zero-order chi connectivity index (χ0) is 11.5. The largest absolute Gasteiger partial charge is 0.466 e. The number of para-hydroxylation sites is 1. The molecule has 1 aromatic rings. The lowest BCUT2D eigenvalue weighted by Gasteiger charge is -1.95. The van der Waals surface area contributed by atoms with E-state index in [1.54, 1.807) is 6.92 Å². The lowest BCUT2D eigenvalue weighted by atomic mass is 10.3. The van der Waals surface area contributed by atoms with E-state index in [0.717, 1.165) is 5.75 Å². The van der Waals surface area contributed by atoms with E-state index in [0.29, 0.717) is 6.61 Å². The van der Waals surface area contributed by atoms with E-state index >= 15 is 0 Å². The molecule has 0 fully saturated rings. The summed E-state index contributed by atoms with van der Waals surface area (Å²) in [5, 5.41) is 0. The quantitative estimate of drug-likeness (QED) is 0.566. The third-order valence-corrected chi connectivity index (χ3v) is 1.31. The normalized spacial score (nSPS) is 8.13. The van der Waals surface area contributed by atoms with Crippen LogP contribution in [0, 0.1) is 0 Å². The fourth-order valence-corrected chi connectivity index (χ4v) is 0.799. The second-order valence-electron chi connectivity index (χ2n) is 2.52. The monoisotopic (exact) mass is 208 g/mol. The average molecular weight is 208 g/mol. The molecule has 0 atom stereocenters. The number of carbonyl (C=O) groups excluding carboxylic acids is 1. The second kappa shape index (κ2) is 8.81. The first-order chi connectivity index (χ1) is 7.20. The molecule has 0 amide bonds. The summed E-state index contributed by atoms with van der Waals surface area (Å²) < 4.78 is 9.37. The third kappa shape index (κ3) is 8.56. The third-order valence-electron chi connectivity index (χ3n) is 1.31. The van der Waals surface area contributed by atoms with E-state index in [2.05, 4.69) is 11.3 Å². The standard InChI is InChI=1S/C8H8O.C4H8O2/c1-2-9-8-6-4-3-5-7-8;1-3-6-4(2)5/h2-7H,1H2;3H2,1-2H3. The Labute approximate surface area is 90.3 Å². The van der Waals surface area contributed by atoms with Crippen molar-refractivity contribution in [1.29, 1.82) is 0 Å². The van der Waals surface area contributed by atoms with E-state index in [-0.39, 0.29) is 5.97 Å². The van der Waals surface area contributed by atoms with E-state index < -0.39 is 0 Å². The highest BCUT2D eigenvalue weighted by Crippen LogP contribution is 2.07. The first kappa shape index (κ1) is 13.2. The molecule has 82 valence electrons. The number of hydrogen-bond acceptors (Lipinski definition) is 3. The Morgan fingerprint density at radius 3 is 2.33 bits per heavy atom. The number of carbonyl (C=O) groups is 1. The lowest BCUT2D eigenvalue weighted by molar-refractivity contribution is -0.140. The van der Waals surface area contributed by atoms with E-state index in [9.17, 15) is 4.79 Å². The van der Waals surface area contributed by atoms with Crippen LogP contribution in [0.3, 0.4) is 0 Å². The van der Waals surface area contributed by atoms with Crippen molar-refractivity contribution >= 4 is 5.97 Å². The Morgan fingerprint density at radius 1 is 1.40 bits per heavy atom. The molecule has 1 rings (SSSR count). The van der Waals surface area contributed by atoms with Crippen LogP contribution >= 0.6 is 0 Å². The van der Waals surface area contributed by atoms with Crippen molar-refractivity contribution in [1.82, 2.24) is 0 Å². The molecular weight excluding hydrogens is 192 g/mol. The van der Waals surface area contributed by atoms with Crippen LogP contribution in [0.4, 0.5) is 0 Å². The van der Waals surface area contributed by atoms with Gasteiger partial charge in [-0.15, -0.1) is 0 Å². The van der Waals surface area contributed by atoms with Crippen LogP contribution in [0.1, 0.15) is 13.8 Å². The van der Waals surface area contributed by atoms with Gasteiger partial charge in [0.15, 0.2) is 0 Å². The highest BCUT2D eigenvalue weighted by Gasteiger charge is 1.82. The molecule has 3 nitrogen and oxygen atoms in total. The van der Waals surface area contributed by atoms with Gasteiger partial charge in [-0.05, 0) is 19.1 Å². The molecule has 3 heteroatoms. The number of benzene rings is 1. The Hall–Kier alpha value is -1.77. The van der Waals surface area contributed by atoms with E-state index in [4.69, 9.17) is 4.74 Å². The zero-order valence-electron chi connectivity index (χ0n) is 9.10. The van der Waals surface area contributed by atoms with Crippen molar-refractivity contribution in [3.63, 3.8) is 0 Å². The molecule has 0 saturated carbocycles. The summed E-state index contributed by atoms with van der Waals surface area (Å²) in [5.74, 6) is 0.616. The average Bonchev–Trinajstić information content (AvgIpc) is 2.20. The Kier molecular flexibility index (Phi) is 7.77. The van der Waals surface area contributed by atoms with Gasteiger partial charge in [-0.2, -0.15) is 0 Å². The summed E-state index contributed by atoms with van der Waals surface area (Å²) in [6.45, 7) is 7.09. The number of rotatable bonds is 3. The molecule has 0 N–H and O–H groups in total. The van der Waals surface area contributed by atoms with Gasteiger partial charge in [-0.3, -0.25) is 4.79 Å². The molecule has 0 aliphatic carbocycles. The van der Waals surface area contributed by atoms with Crippen molar-refractivity contribution in [2.75, 3.05) is 6.61 Å². The smallest absolute Gasteiger partial charge is 0.302 e. The molecule has 0 radical (unpaired) electrons. The van der Waals surface area contributed by atoms with Crippen molar-refractivity contribution < 1.29 is 14.3 Å². The van der Waals surface area contributed by atoms with Crippen molar-refractivity contribution in [3.8, 4) is 5.75 Å². The minimum atomic E-state index is -0.211. The number of ether oxygens (including phenoxy) is 2. The molecule has 1 aromatic carbocycles. The van der Waals surface area contributed by atoms with Gasteiger partial charge in [0.25, 0.3) is 0 Å². The van der Waals surface area contributed by atoms with Crippen LogP contribution in [0.25, 0.3) is 0 Å². The van der Waals surface area contributed by atoms with Crippen LogP contribution in [0.5, 0.6) is 5.75 Å². The number of esters is 1. The molecule has 0 aromatic heterocycles. The van der Waals surface area contributed by atoms with Gasteiger partial charge in [0, 0.05) is 6.92 Å². The molecule has 0 bridgehead atoms. The van der Waals surface area contributed by atoms with Crippen molar-refractivity contribution in [2.45, 2.75) is 13.8 Å². The SMILES string of the molecule is C=COc1ccccc1.CCOC(C)=O. The van der Waals surface area contributed by atoms with E-state index in [1.165, 1.54) is 13.2 Å². The van der Waals surface area contributed by atoms with Crippen LogP contribution in [-0.4, -0.2) is 12.6 Å². The Bertz CT molecular complexity index is 280. The van der Waals surface area contributed by atoms with Gasteiger partial charge in [-0.25, -0.2) is 0 Å². The molecule has 15 heavy (non-hydrogen) atoms. The first-order valence-electron chi connectivity index (χ1n) is 4.66. The van der Waals surface area contributed by atoms with Crippen molar-refractivity contribution in [3.05, 3.63) is 43.2 Å². The summed E-state index contributed by atoms with van der Waals surface area (Å²) in [6, 6.07) is 9.52. The van der Waals surface area contributed by atoms with Gasteiger partial charge in [0.2, 0.25) is 0 Å². The van der Waals surface area contributed by atoms with Crippen LogP contribution in [0.15, 0.2) is 43.2 Å². The van der Waals surface area contributed by atoms with Gasteiger partial charge >= 0.3 is 5.97 Å². The molecule has 0 saturated heterocycles. The van der Waals surface area contributed by atoms with Crippen LogP contribution in [-0.2, 0) is 9.53 Å². The molecule has 0 heterocycles. The highest BCUT2D eigenvalue weighted by molar-refractivity contribution is 5.65. The molecule has 0 unspecified atom stereocenters. The maximum Gasteiger partial charge on any atom is 0.302 e.